The number of furan rings is 1. The molecule has 0 aliphatic heterocycles. The van der Waals surface area contributed by atoms with Gasteiger partial charge in [-0.25, -0.2) is 0 Å². The minimum Gasteiger partial charge on any atom is -0.481 e. The molecule has 0 spiro atoms. The van der Waals surface area contributed by atoms with Crippen molar-refractivity contribution < 1.29 is 13.6 Å². The first-order valence-corrected chi connectivity index (χ1v) is 9.46. The second-order valence-corrected chi connectivity index (χ2v) is 7.34. The van der Waals surface area contributed by atoms with E-state index in [1.54, 1.807) is 54.6 Å². The van der Waals surface area contributed by atoms with Crippen LogP contribution < -0.4 is 10.2 Å². The van der Waals surface area contributed by atoms with Gasteiger partial charge in [0.1, 0.15) is 12.2 Å². The Kier molecular flexibility index (Phi) is 5.00. The van der Waals surface area contributed by atoms with E-state index in [1.165, 1.54) is 0 Å². The zero-order valence-corrected chi connectivity index (χ0v) is 16.8. The fraction of sp³-hybridized carbons (Fsp3) is 0.0500. The van der Waals surface area contributed by atoms with Crippen LogP contribution in [0.2, 0.25) is 10.0 Å². The molecular weight excluding hydrogens is 455 g/mol. The van der Waals surface area contributed by atoms with Gasteiger partial charge in [0.2, 0.25) is 16.9 Å². The first-order valence-electron chi connectivity index (χ1n) is 7.91. The van der Waals surface area contributed by atoms with Crippen molar-refractivity contribution in [2.45, 2.75) is 6.61 Å². The monoisotopic (exact) mass is 464 g/mol. The summed E-state index contributed by atoms with van der Waals surface area (Å²) >= 11 is 15.4. The van der Waals surface area contributed by atoms with Crippen molar-refractivity contribution in [1.82, 2.24) is 0 Å². The fourth-order valence-corrected chi connectivity index (χ4v) is 3.41. The zero-order chi connectivity index (χ0) is 19.0. The molecule has 4 nitrogen and oxygen atoms in total. The lowest BCUT2D eigenvalue weighted by Crippen LogP contribution is -2.10. The molecule has 136 valence electrons. The molecule has 0 amide bonds. The first-order chi connectivity index (χ1) is 13.0. The van der Waals surface area contributed by atoms with Crippen LogP contribution >= 0.6 is 39.1 Å². The van der Waals surface area contributed by atoms with Crippen LogP contribution in [0, 0.1) is 0 Å². The number of para-hydroxylation sites is 1. The highest BCUT2D eigenvalue weighted by Gasteiger charge is 2.20. The molecule has 0 saturated heterocycles. The van der Waals surface area contributed by atoms with Gasteiger partial charge in [-0.2, -0.15) is 0 Å². The van der Waals surface area contributed by atoms with Gasteiger partial charge >= 0.3 is 0 Å². The minimum atomic E-state index is -0.288. The minimum absolute atomic E-state index is 0.0570. The quantitative estimate of drug-likeness (QED) is 0.336. The topological polar surface area (TPSA) is 52.6 Å². The second kappa shape index (κ2) is 7.43. The Bertz CT molecular complexity index is 1200. The highest BCUT2D eigenvalue weighted by Crippen LogP contribution is 2.34. The molecule has 0 radical (unpaired) electrons. The van der Waals surface area contributed by atoms with Crippen molar-refractivity contribution >= 4 is 50.1 Å². The zero-order valence-electron chi connectivity index (χ0n) is 13.7. The van der Waals surface area contributed by atoms with Gasteiger partial charge in [-0.1, -0.05) is 41.4 Å². The number of hydrogen-bond donors (Lipinski definition) is 0. The molecule has 27 heavy (non-hydrogen) atoms. The molecule has 0 unspecified atom stereocenters. The molecule has 0 N–H and O–H groups in total. The van der Waals surface area contributed by atoms with E-state index in [-0.39, 0.29) is 23.5 Å². The van der Waals surface area contributed by atoms with Gasteiger partial charge in [-0.15, -0.1) is 0 Å². The van der Waals surface area contributed by atoms with Gasteiger partial charge in [0.25, 0.3) is 0 Å². The lowest BCUT2D eigenvalue weighted by atomic mass is 10.2. The fourth-order valence-electron chi connectivity index (χ4n) is 2.64. The summed E-state index contributed by atoms with van der Waals surface area (Å²) in [6.45, 7) is 0.0774. The highest BCUT2D eigenvalue weighted by atomic mass is 79.9. The highest BCUT2D eigenvalue weighted by molar-refractivity contribution is 9.10. The van der Waals surface area contributed by atoms with Gasteiger partial charge in [0.15, 0.2) is 10.4 Å². The summed E-state index contributed by atoms with van der Waals surface area (Å²) in [6.07, 6.45) is 0. The molecule has 4 aromatic rings. The Balaban J connectivity index is 1.82. The number of hydrogen-bond acceptors (Lipinski definition) is 4. The Morgan fingerprint density at radius 1 is 1.00 bits per heavy atom. The van der Waals surface area contributed by atoms with Gasteiger partial charge in [0.05, 0.1) is 5.39 Å². The van der Waals surface area contributed by atoms with Gasteiger partial charge in [0, 0.05) is 15.6 Å². The van der Waals surface area contributed by atoms with Crippen molar-refractivity contribution in [1.29, 1.82) is 0 Å². The Morgan fingerprint density at radius 3 is 2.56 bits per heavy atom. The third kappa shape index (κ3) is 3.63. The van der Waals surface area contributed by atoms with Crippen LogP contribution in [-0.2, 0) is 6.61 Å². The van der Waals surface area contributed by atoms with Crippen LogP contribution in [0.15, 0.2) is 72.9 Å². The molecule has 0 bridgehead atoms. The molecule has 0 aliphatic rings. The van der Waals surface area contributed by atoms with E-state index < -0.39 is 0 Å². The van der Waals surface area contributed by atoms with Crippen LogP contribution in [0.5, 0.6) is 5.75 Å². The summed E-state index contributed by atoms with van der Waals surface area (Å²) in [7, 11) is 0. The third-order valence-electron chi connectivity index (χ3n) is 3.94. The number of halogens is 3. The molecule has 2 heterocycles. The third-order valence-corrected chi connectivity index (χ3v) is 4.95. The summed E-state index contributed by atoms with van der Waals surface area (Å²) in [4.78, 5) is 13.0. The lowest BCUT2D eigenvalue weighted by molar-refractivity contribution is 0.296. The molecule has 2 aromatic heterocycles. The van der Waals surface area contributed by atoms with E-state index in [4.69, 9.17) is 36.8 Å². The Labute approximate surface area is 172 Å². The standard InChI is InChI=1S/C20H11BrCl2O4/c21-17-8-7-16(26-17)19-20(18(24)13-3-1-2-4-15(13)27-19)25-10-11-5-6-12(22)9-14(11)23/h1-9H,10H2. The normalized spacial score (nSPS) is 11.1. The molecule has 0 atom stereocenters. The summed E-state index contributed by atoms with van der Waals surface area (Å²) in [6, 6.07) is 15.4. The molecule has 7 heteroatoms. The number of fused-ring (bicyclic) bond motifs is 1. The van der Waals surface area contributed by atoms with Crippen LogP contribution in [-0.4, -0.2) is 0 Å². The van der Waals surface area contributed by atoms with Crippen molar-refractivity contribution in [2.24, 2.45) is 0 Å². The molecule has 4 rings (SSSR count). The SMILES string of the molecule is O=c1c(OCc2ccc(Cl)cc2Cl)c(-c2ccc(Br)o2)oc2ccccc12. The maximum Gasteiger partial charge on any atom is 0.235 e. The summed E-state index contributed by atoms with van der Waals surface area (Å²) in [5.41, 5.74) is 0.853. The van der Waals surface area contributed by atoms with Crippen molar-refractivity contribution in [3.8, 4) is 17.3 Å². The van der Waals surface area contributed by atoms with E-state index in [1.807, 2.05) is 0 Å². The van der Waals surface area contributed by atoms with Crippen molar-refractivity contribution in [3.05, 3.63) is 85.1 Å². The average molecular weight is 466 g/mol. The maximum atomic E-state index is 13.0. The Hall–Kier alpha value is -2.21. The Morgan fingerprint density at radius 2 is 1.81 bits per heavy atom. The second-order valence-electron chi connectivity index (χ2n) is 5.71. The molecular formula is C20H11BrCl2O4. The maximum absolute atomic E-state index is 13.0. The van der Waals surface area contributed by atoms with Gasteiger partial charge < -0.3 is 13.6 Å². The summed E-state index contributed by atoms with van der Waals surface area (Å²) in [5, 5.41) is 1.40. The van der Waals surface area contributed by atoms with E-state index in [9.17, 15) is 4.79 Å². The van der Waals surface area contributed by atoms with Crippen LogP contribution in [0.4, 0.5) is 0 Å². The van der Waals surface area contributed by atoms with E-state index >= 15 is 0 Å². The number of benzene rings is 2. The molecule has 0 saturated carbocycles. The predicted molar refractivity (Wildman–Crippen MR) is 109 cm³/mol. The van der Waals surface area contributed by atoms with E-state index in [0.717, 1.165) is 0 Å². The van der Waals surface area contributed by atoms with E-state index in [2.05, 4.69) is 15.9 Å². The van der Waals surface area contributed by atoms with Crippen LogP contribution in [0.1, 0.15) is 5.56 Å². The largest absolute Gasteiger partial charge is 0.481 e. The van der Waals surface area contributed by atoms with E-state index in [0.29, 0.717) is 37.0 Å². The molecule has 2 aromatic carbocycles. The smallest absolute Gasteiger partial charge is 0.235 e. The van der Waals surface area contributed by atoms with Gasteiger partial charge in [-0.05, 0) is 52.3 Å². The number of ether oxygens (including phenoxy) is 1. The van der Waals surface area contributed by atoms with Crippen molar-refractivity contribution in [2.75, 3.05) is 0 Å². The summed E-state index contributed by atoms with van der Waals surface area (Å²) in [5.74, 6) is 0.651. The number of rotatable bonds is 4. The molecule has 0 fully saturated rings. The van der Waals surface area contributed by atoms with Crippen LogP contribution in [0.25, 0.3) is 22.5 Å². The van der Waals surface area contributed by atoms with Gasteiger partial charge in [-0.3, -0.25) is 4.79 Å². The average Bonchev–Trinajstić information content (AvgIpc) is 3.08. The summed E-state index contributed by atoms with van der Waals surface area (Å²) < 4.78 is 17.8. The van der Waals surface area contributed by atoms with Crippen LogP contribution in [0.3, 0.4) is 0 Å². The molecule has 0 aliphatic carbocycles. The lowest BCUT2D eigenvalue weighted by Gasteiger charge is -2.11. The first kappa shape index (κ1) is 18.2. The van der Waals surface area contributed by atoms with Crippen molar-refractivity contribution in [3.63, 3.8) is 0 Å². The predicted octanol–water partition coefficient (Wildman–Crippen LogP) is 6.70.